The van der Waals surface area contributed by atoms with Gasteiger partial charge in [0.15, 0.2) is 0 Å². The Morgan fingerprint density at radius 2 is 1.71 bits per heavy atom. The molecule has 2 aromatic rings. The maximum atomic E-state index is 12.1. The van der Waals surface area contributed by atoms with Crippen molar-refractivity contribution in [3.8, 4) is 0 Å². The molecule has 1 fully saturated rings. The number of ether oxygens (including phenoxy) is 1. The lowest BCUT2D eigenvalue weighted by atomic mass is 9.99. The summed E-state index contributed by atoms with van der Waals surface area (Å²) in [6.07, 6.45) is 0.794. The Labute approximate surface area is 125 Å². The van der Waals surface area contributed by atoms with Crippen molar-refractivity contribution >= 4 is 6.09 Å². The van der Waals surface area contributed by atoms with E-state index in [9.17, 15) is 4.79 Å². The van der Waals surface area contributed by atoms with E-state index in [2.05, 4.69) is 12.1 Å². The smallest absolute Gasteiger partial charge is 0.410 e. The lowest BCUT2D eigenvalue weighted by Crippen LogP contribution is -2.29. The zero-order valence-corrected chi connectivity index (χ0v) is 11.9. The summed E-state index contributed by atoms with van der Waals surface area (Å²) in [7, 11) is 0. The van der Waals surface area contributed by atoms with Gasteiger partial charge >= 0.3 is 6.09 Å². The van der Waals surface area contributed by atoms with Gasteiger partial charge in [-0.25, -0.2) is 4.79 Å². The fourth-order valence-corrected chi connectivity index (χ4v) is 2.73. The van der Waals surface area contributed by atoms with Gasteiger partial charge in [0.1, 0.15) is 6.61 Å². The molecule has 1 saturated heterocycles. The molecule has 1 heterocycles. The van der Waals surface area contributed by atoms with Crippen LogP contribution in [-0.4, -0.2) is 24.1 Å². The van der Waals surface area contributed by atoms with Crippen LogP contribution in [-0.2, 0) is 11.3 Å². The molecule has 0 aromatic heterocycles. The Hall–Kier alpha value is -2.29. The van der Waals surface area contributed by atoms with Crippen molar-refractivity contribution in [3.63, 3.8) is 0 Å². The van der Waals surface area contributed by atoms with Gasteiger partial charge in [-0.3, -0.25) is 0 Å². The van der Waals surface area contributed by atoms with Crippen LogP contribution in [0, 0.1) is 0 Å². The molecule has 0 saturated carbocycles. The predicted octanol–water partition coefficient (Wildman–Crippen LogP) is 3.81. The van der Waals surface area contributed by atoms with Gasteiger partial charge in [-0.1, -0.05) is 60.7 Å². The minimum Gasteiger partial charge on any atom is -0.445 e. The quantitative estimate of drug-likeness (QED) is 0.856. The number of nitrogens with zero attached hydrogens (tertiary/aromatic N) is 1. The van der Waals surface area contributed by atoms with Gasteiger partial charge < -0.3 is 9.64 Å². The number of hydrogen-bond acceptors (Lipinski definition) is 2. The Morgan fingerprint density at radius 1 is 1.05 bits per heavy atom. The zero-order valence-electron chi connectivity index (χ0n) is 11.9. The standard InChI is InChI=1S/C18H19NO2/c20-18(21-14-15-7-3-1-4-8-15)19-12-11-17(13-19)16-9-5-2-6-10-16/h1-10,17H,11-14H2. The molecule has 1 atom stereocenters. The zero-order chi connectivity index (χ0) is 14.5. The molecule has 1 unspecified atom stereocenters. The van der Waals surface area contributed by atoms with Crippen molar-refractivity contribution < 1.29 is 9.53 Å². The van der Waals surface area contributed by atoms with Gasteiger partial charge in [0, 0.05) is 19.0 Å². The fraction of sp³-hybridized carbons (Fsp3) is 0.278. The van der Waals surface area contributed by atoms with Crippen LogP contribution in [0.4, 0.5) is 4.79 Å². The highest BCUT2D eigenvalue weighted by molar-refractivity contribution is 5.68. The van der Waals surface area contributed by atoms with E-state index in [4.69, 9.17) is 4.74 Å². The summed E-state index contributed by atoms with van der Waals surface area (Å²) in [5.74, 6) is 0.426. The van der Waals surface area contributed by atoms with Crippen LogP contribution in [0.25, 0.3) is 0 Å². The number of carbonyl (C=O) groups excluding carboxylic acids is 1. The molecule has 0 radical (unpaired) electrons. The van der Waals surface area contributed by atoms with Crippen LogP contribution in [0.3, 0.4) is 0 Å². The van der Waals surface area contributed by atoms with Gasteiger partial charge in [-0.2, -0.15) is 0 Å². The maximum absolute atomic E-state index is 12.1. The molecular weight excluding hydrogens is 262 g/mol. The fourth-order valence-electron chi connectivity index (χ4n) is 2.73. The summed E-state index contributed by atoms with van der Waals surface area (Å²) in [6, 6.07) is 20.1. The van der Waals surface area contributed by atoms with Crippen LogP contribution < -0.4 is 0 Å². The molecule has 0 N–H and O–H groups in total. The molecule has 3 heteroatoms. The predicted molar refractivity (Wildman–Crippen MR) is 82.0 cm³/mol. The molecule has 3 rings (SSSR count). The topological polar surface area (TPSA) is 29.5 Å². The monoisotopic (exact) mass is 281 g/mol. The molecule has 0 spiro atoms. The van der Waals surface area contributed by atoms with E-state index in [0.29, 0.717) is 12.5 Å². The first-order chi connectivity index (χ1) is 10.3. The third-order valence-electron chi connectivity index (χ3n) is 3.92. The molecular formula is C18H19NO2. The number of amides is 1. The van der Waals surface area contributed by atoms with Gasteiger partial charge in [-0.15, -0.1) is 0 Å². The minimum absolute atomic E-state index is 0.211. The highest BCUT2D eigenvalue weighted by Crippen LogP contribution is 2.27. The van der Waals surface area contributed by atoms with E-state index in [0.717, 1.165) is 25.1 Å². The normalized spacial score (nSPS) is 17.7. The van der Waals surface area contributed by atoms with Crippen LogP contribution in [0.2, 0.25) is 0 Å². The van der Waals surface area contributed by atoms with Crippen molar-refractivity contribution in [1.29, 1.82) is 0 Å². The Kier molecular flexibility index (Phi) is 4.20. The molecule has 2 aromatic carbocycles. The average Bonchev–Trinajstić information content (AvgIpc) is 3.04. The SMILES string of the molecule is O=C(OCc1ccccc1)N1CCC(c2ccccc2)C1. The van der Waals surface area contributed by atoms with Crippen LogP contribution >= 0.6 is 0 Å². The van der Waals surface area contributed by atoms with Gasteiger partial charge in [0.2, 0.25) is 0 Å². The molecule has 1 aliphatic rings. The number of benzene rings is 2. The van der Waals surface area contributed by atoms with Crippen LogP contribution in [0.15, 0.2) is 60.7 Å². The maximum Gasteiger partial charge on any atom is 0.410 e. The molecule has 0 bridgehead atoms. The van der Waals surface area contributed by atoms with Gasteiger partial charge in [0.25, 0.3) is 0 Å². The lowest BCUT2D eigenvalue weighted by Gasteiger charge is -2.16. The van der Waals surface area contributed by atoms with Crippen LogP contribution in [0.1, 0.15) is 23.5 Å². The van der Waals surface area contributed by atoms with Gasteiger partial charge in [-0.05, 0) is 17.5 Å². The molecule has 21 heavy (non-hydrogen) atoms. The van der Waals surface area contributed by atoms with E-state index in [1.165, 1.54) is 5.56 Å². The molecule has 0 aliphatic carbocycles. The van der Waals surface area contributed by atoms with Crippen molar-refractivity contribution in [2.75, 3.05) is 13.1 Å². The van der Waals surface area contributed by atoms with Crippen molar-refractivity contribution in [2.24, 2.45) is 0 Å². The molecule has 108 valence electrons. The molecule has 1 amide bonds. The summed E-state index contributed by atoms with van der Waals surface area (Å²) >= 11 is 0. The largest absolute Gasteiger partial charge is 0.445 e. The van der Waals surface area contributed by atoms with Crippen LogP contribution in [0.5, 0.6) is 0 Å². The number of carbonyl (C=O) groups is 1. The van der Waals surface area contributed by atoms with E-state index in [1.807, 2.05) is 48.5 Å². The first kappa shape index (κ1) is 13.7. The Balaban J connectivity index is 1.53. The first-order valence-electron chi connectivity index (χ1n) is 7.33. The minimum atomic E-state index is -0.211. The second-order valence-electron chi connectivity index (χ2n) is 5.38. The molecule has 1 aliphatic heterocycles. The lowest BCUT2D eigenvalue weighted by molar-refractivity contribution is 0.104. The second-order valence-corrected chi connectivity index (χ2v) is 5.38. The number of rotatable bonds is 3. The molecule has 3 nitrogen and oxygen atoms in total. The van der Waals surface area contributed by atoms with Gasteiger partial charge in [0.05, 0.1) is 0 Å². The third-order valence-corrected chi connectivity index (χ3v) is 3.92. The number of likely N-dealkylation sites (tertiary alicyclic amines) is 1. The highest BCUT2D eigenvalue weighted by atomic mass is 16.6. The van der Waals surface area contributed by atoms with E-state index in [1.54, 1.807) is 4.90 Å². The summed E-state index contributed by atoms with van der Waals surface area (Å²) in [5.41, 5.74) is 2.32. The van der Waals surface area contributed by atoms with Crippen molar-refractivity contribution in [2.45, 2.75) is 18.9 Å². The van der Waals surface area contributed by atoms with E-state index in [-0.39, 0.29) is 6.09 Å². The van der Waals surface area contributed by atoms with E-state index < -0.39 is 0 Å². The van der Waals surface area contributed by atoms with Crippen molar-refractivity contribution in [1.82, 2.24) is 4.90 Å². The highest BCUT2D eigenvalue weighted by Gasteiger charge is 2.28. The summed E-state index contributed by atoms with van der Waals surface area (Å²) in [4.78, 5) is 13.9. The number of hydrogen-bond donors (Lipinski definition) is 0. The third kappa shape index (κ3) is 3.43. The average molecular weight is 281 g/mol. The summed E-state index contributed by atoms with van der Waals surface area (Å²) in [6.45, 7) is 1.86. The van der Waals surface area contributed by atoms with Crippen molar-refractivity contribution in [3.05, 3.63) is 71.8 Å². The first-order valence-corrected chi connectivity index (χ1v) is 7.33. The summed E-state index contributed by atoms with van der Waals surface area (Å²) in [5, 5.41) is 0. The van der Waals surface area contributed by atoms with E-state index >= 15 is 0 Å². The summed E-state index contributed by atoms with van der Waals surface area (Å²) < 4.78 is 5.38. The second kappa shape index (κ2) is 6.44. The Morgan fingerprint density at radius 3 is 2.43 bits per heavy atom. The Bertz CT molecular complexity index is 583.